The first-order valence-electron chi connectivity index (χ1n) is 3.19. The van der Waals surface area contributed by atoms with Crippen molar-refractivity contribution < 1.29 is 44.3 Å². The van der Waals surface area contributed by atoms with Gasteiger partial charge in [0.05, 0.1) is 0 Å². The fourth-order valence-corrected chi connectivity index (χ4v) is 0.530. The SMILES string of the molecule is NC(=O)C(F)(F)C(F)(F)C(F)(F)C(F)(F)F. The predicted molar refractivity (Wildman–Crippen MR) is 30.1 cm³/mol. The molecule has 0 aromatic carbocycles. The van der Waals surface area contributed by atoms with Crippen LogP contribution in [0.1, 0.15) is 0 Å². The van der Waals surface area contributed by atoms with E-state index in [-0.39, 0.29) is 0 Å². The number of halogens is 9. The van der Waals surface area contributed by atoms with Gasteiger partial charge in [-0.05, 0) is 0 Å². The average Bonchev–Trinajstić information content (AvgIpc) is 2.00. The summed E-state index contributed by atoms with van der Waals surface area (Å²) < 4.78 is 107. The molecule has 0 heterocycles. The maximum atomic E-state index is 12.2. The molecule has 0 rings (SSSR count). The number of alkyl halides is 9. The minimum absolute atomic E-state index is 3.29. The Morgan fingerprint density at radius 2 is 1.06 bits per heavy atom. The molecule has 0 saturated carbocycles. The van der Waals surface area contributed by atoms with Crippen LogP contribution in [0.25, 0.3) is 0 Å². The van der Waals surface area contributed by atoms with Crippen LogP contribution in [0, 0.1) is 0 Å². The third-order valence-electron chi connectivity index (χ3n) is 1.45. The molecule has 0 aliphatic heterocycles. The summed E-state index contributed by atoms with van der Waals surface area (Å²) in [7, 11) is 0. The molecule has 96 valence electrons. The Hall–Kier alpha value is -1.16. The van der Waals surface area contributed by atoms with Gasteiger partial charge in [-0.25, -0.2) is 0 Å². The van der Waals surface area contributed by atoms with Crippen LogP contribution in [0.4, 0.5) is 39.5 Å². The molecule has 0 atom stereocenters. The van der Waals surface area contributed by atoms with Crippen molar-refractivity contribution in [2.75, 3.05) is 0 Å². The summed E-state index contributed by atoms with van der Waals surface area (Å²) in [5, 5.41) is 0. The molecule has 2 nitrogen and oxygen atoms in total. The summed E-state index contributed by atoms with van der Waals surface area (Å²) in [6.45, 7) is 0. The van der Waals surface area contributed by atoms with Gasteiger partial charge >= 0.3 is 23.9 Å². The third-order valence-corrected chi connectivity index (χ3v) is 1.45. The van der Waals surface area contributed by atoms with Gasteiger partial charge in [-0.1, -0.05) is 0 Å². The van der Waals surface area contributed by atoms with Crippen LogP contribution in [-0.4, -0.2) is 29.9 Å². The second kappa shape index (κ2) is 3.42. The normalized spacial score (nSPS) is 15.1. The fourth-order valence-electron chi connectivity index (χ4n) is 0.530. The number of hydrogen-bond donors (Lipinski definition) is 1. The monoisotopic (exact) mass is 263 g/mol. The van der Waals surface area contributed by atoms with Crippen molar-refractivity contribution in [2.45, 2.75) is 23.9 Å². The Morgan fingerprint density at radius 3 is 1.25 bits per heavy atom. The summed E-state index contributed by atoms with van der Waals surface area (Å²) in [6.07, 6.45) is -6.95. The maximum absolute atomic E-state index is 12.2. The van der Waals surface area contributed by atoms with Crippen molar-refractivity contribution in [1.29, 1.82) is 0 Å². The summed E-state index contributed by atoms with van der Waals surface area (Å²) in [5.74, 6) is -23.7. The van der Waals surface area contributed by atoms with Crippen molar-refractivity contribution >= 4 is 5.91 Å². The largest absolute Gasteiger partial charge is 0.460 e. The molecule has 0 aliphatic carbocycles. The molecule has 0 saturated heterocycles. The van der Waals surface area contributed by atoms with Gasteiger partial charge in [0.2, 0.25) is 0 Å². The molecule has 0 unspecified atom stereocenters. The molecule has 1 amide bonds. The molecule has 0 aromatic heterocycles. The number of amides is 1. The smallest absolute Gasteiger partial charge is 0.364 e. The van der Waals surface area contributed by atoms with Gasteiger partial charge in [-0.15, -0.1) is 0 Å². The van der Waals surface area contributed by atoms with E-state index in [1.807, 2.05) is 0 Å². The zero-order valence-electron chi connectivity index (χ0n) is 6.89. The molecule has 2 N–H and O–H groups in total. The first-order valence-corrected chi connectivity index (χ1v) is 3.19. The zero-order valence-corrected chi connectivity index (χ0v) is 6.89. The van der Waals surface area contributed by atoms with Gasteiger partial charge in [-0.2, -0.15) is 39.5 Å². The van der Waals surface area contributed by atoms with E-state index < -0.39 is 29.9 Å². The predicted octanol–water partition coefficient (Wildman–Crippen LogP) is 1.94. The van der Waals surface area contributed by atoms with Gasteiger partial charge in [-0.3, -0.25) is 4.79 Å². The molecule has 0 aliphatic rings. The lowest BCUT2D eigenvalue weighted by atomic mass is 10.0. The first-order chi connectivity index (χ1) is 6.69. The van der Waals surface area contributed by atoms with Crippen molar-refractivity contribution in [3.8, 4) is 0 Å². The Morgan fingerprint density at radius 1 is 0.750 bits per heavy atom. The van der Waals surface area contributed by atoms with E-state index in [1.165, 1.54) is 0 Å². The highest BCUT2D eigenvalue weighted by molar-refractivity contribution is 5.83. The Balaban J connectivity index is 5.62. The summed E-state index contributed by atoms with van der Waals surface area (Å²) in [4.78, 5) is 9.73. The summed E-state index contributed by atoms with van der Waals surface area (Å²) in [6, 6.07) is 0. The van der Waals surface area contributed by atoms with Gasteiger partial charge in [0.15, 0.2) is 0 Å². The molecule has 11 heteroatoms. The van der Waals surface area contributed by atoms with E-state index in [1.54, 1.807) is 0 Å². The molecule has 16 heavy (non-hydrogen) atoms. The quantitative estimate of drug-likeness (QED) is 0.777. The number of carbonyl (C=O) groups is 1. The number of nitrogens with two attached hydrogens (primary N) is 1. The van der Waals surface area contributed by atoms with Crippen LogP contribution in [0.5, 0.6) is 0 Å². The minimum atomic E-state index is -7.08. The van der Waals surface area contributed by atoms with E-state index in [0.717, 1.165) is 0 Å². The molecule has 0 spiro atoms. The Labute approximate surface area is 81.2 Å². The van der Waals surface area contributed by atoms with E-state index in [0.29, 0.717) is 0 Å². The molecule has 0 fully saturated rings. The standard InChI is InChI=1S/C5H2F9NO/c6-2(7,1(15)16)3(8,9)4(10,11)5(12,13)14/h(H2,15,16). The molecular formula is C5H2F9NO. The lowest BCUT2D eigenvalue weighted by molar-refractivity contribution is -0.388. The fraction of sp³-hybridized carbons (Fsp3) is 0.800. The van der Waals surface area contributed by atoms with Crippen LogP contribution >= 0.6 is 0 Å². The highest BCUT2D eigenvalue weighted by Gasteiger charge is 2.83. The Kier molecular flexibility index (Phi) is 3.17. The molecule has 0 aromatic rings. The second-order valence-electron chi connectivity index (χ2n) is 2.59. The van der Waals surface area contributed by atoms with Crippen molar-refractivity contribution in [1.82, 2.24) is 0 Å². The topological polar surface area (TPSA) is 43.1 Å². The highest BCUT2D eigenvalue weighted by Crippen LogP contribution is 2.52. The maximum Gasteiger partial charge on any atom is 0.460 e. The van der Waals surface area contributed by atoms with Gasteiger partial charge in [0.1, 0.15) is 0 Å². The average molecular weight is 263 g/mol. The number of hydrogen-bond acceptors (Lipinski definition) is 1. The van der Waals surface area contributed by atoms with E-state index in [4.69, 9.17) is 0 Å². The molecular weight excluding hydrogens is 261 g/mol. The van der Waals surface area contributed by atoms with Crippen LogP contribution in [-0.2, 0) is 4.79 Å². The van der Waals surface area contributed by atoms with Crippen molar-refractivity contribution in [3.05, 3.63) is 0 Å². The number of primary amides is 1. The second-order valence-corrected chi connectivity index (χ2v) is 2.59. The van der Waals surface area contributed by atoms with Crippen molar-refractivity contribution in [3.63, 3.8) is 0 Å². The van der Waals surface area contributed by atoms with E-state index in [2.05, 4.69) is 5.73 Å². The van der Waals surface area contributed by atoms with Gasteiger partial charge < -0.3 is 5.73 Å². The van der Waals surface area contributed by atoms with Crippen LogP contribution < -0.4 is 5.73 Å². The molecule has 0 bridgehead atoms. The third kappa shape index (κ3) is 1.78. The first kappa shape index (κ1) is 14.8. The lowest BCUT2D eigenvalue weighted by Gasteiger charge is -2.31. The van der Waals surface area contributed by atoms with E-state index >= 15 is 0 Å². The summed E-state index contributed by atoms with van der Waals surface area (Å²) >= 11 is 0. The summed E-state index contributed by atoms with van der Waals surface area (Å²) in [5.41, 5.74) is 3.63. The lowest BCUT2D eigenvalue weighted by Crippen LogP contribution is -2.64. The number of rotatable bonds is 3. The highest BCUT2D eigenvalue weighted by atomic mass is 19.4. The van der Waals surface area contributed by atoms with Gasteiger partial charge in [0.25, 0.3) is 5.91 Å². The minimum Gasteiger partial charge on any atom is -0.364 e. The Bertz CT molecular complexity index is 293. The van der Waals surface area contributed by atoms with Crippen LogP contribution in [0.3, 0.4) is 0 Å². The van der Waals surface area contributed by atoms with Crippen LogP contribution in [0.2, 0.25) is 0 Å². The zero-order chi connectivity index (χ0) is 13.6. The number of carbonyl (C=O) groups excluding carboxylic acids is 1. The van der Waals surface area contributed by atoms with Crippen molar-refractivity contribution in [2.24, 2.45) is 5.73 Å². The van der Waals surface area contributed by atoms with Crippen LogP contribution in [0.15, 0.2) is 0 Å². The molecule has 0 radical (unpaired) electrons. The van der Waals surface area contributed by atoms with Gasteiger partial charge in [0, 0.05) is 0 Å². The van der Waals surface area contributed by atoms with E-state index in [9.17, 15) is 44.3 Å².